The SMILES string of the molecule is NCCN1CCC(O[N+](=O)[O-])CC1.O=C(O)C=CC(=O)O. The number of piperidine rings is 1. The zero-order chi connectivity index (χ0) is 16.3. The number of hydrogen-bond acceptors (Lipinski definition) is 7. The highest BCUT2D eigenvalue weighted by atomic mass is 17.0. The maximum Gasteiger partial charge on any atom is 0.328 e. The van der Waals surface area contributed by atoms with Gasteiger partial charge in [-0.2, -0.15) is 0 Å². The van der Waals surface area contributed by atoms with Crippen molar-refractivity contribution in [3.63, 3.8) is 0 Å². The Morgan fingerprint density at radius 2 is 1.76 bits per heavy atom. The molecule has 0 unspecified atom stereocenters. The number of nitrogens with two attached hydrogens (primary N) is 1. The van der Waals surface area contributed by atoms with Crippen LogP contribution in [-0.4, -0.2) is 64.4 Å². The van der Waals surface area contributed by atoms with Crippen molar-refractivity contribution < 1.29 is 29.7 Å². The molecule has 1 saturated heterocycles. The molecule has 0 aromatic rings. The minimum Gasteiger partial charge on any atom is -0.478 e. The minimum atomic E-state index is -1.26. The second-order valence-electron chi connectivity index (χ2n) is 4.17. The molecule has 0 amide bonds. The molecule has 0 atom stereocenters. The first-order valence-electron chi connectivity index (χ1n) is 6.22. The number of rotatable bonds is 6. The van der Waals surface area contributed by atoms with Crippen LogP contribution in [0.1, 0.15) is 12.8 Å². The van der Waals surface area contributed by atoms with Gasteiger partial charge < -0.3 is 25.7 Å². The molecule has 1 rings (SSSR count). The summed E-state index contributed by atoms with van der Waals surface area (Å²) >= 11 is 0. The summed E-state index contributed by atoms with van der Waals surface area (Å²) in [5.41, 5.74) is 5.39. The lowest BCUT2D eigenvalue weighted by Gasteiger charge is -2.30. The van der Waals surface area contributed by atoms with Crippen molar-refractivity contribution in [3.8, 4) is 0 Å². The lowest BCUT2D eigenvalue weighted by molar-refractivity contribution is -0.769. The molecular weight excluding hydrogens is 286 g/mol. The third-order valence-electron chi connectivity index (χ3n) is 2.58. The third kappa shape index (κ3) is 11.3. The minimum absolute atomic E-state index is 0.218. The molecule has 1 aliphatic rings. The van der Waals surface area contributed by atoms with Crippen LogP contribution in [0.15, 0.2) is 12.2 Å². The predicted molar refractivity (Wildman–Crippen MR) is 71.0 cm³/mol. The summed E-state index contributed by atoms with van der Waals surface area (Å²) in [7, 11) is 0. The van der Waals surface area contributed by atoms with Crippen molar-refractivity contribution >= 4 is 11.9 Å². The summed E-state index contributed by atoms with van der Waals surface area (Å²) in [4.78, 5) is 35.8. The van der Waals surface area contributed by atoms with E-state index in [1.165, 1.54) is 0 Å². The molecule has 21 heavy (non-hydrogen) atoms. The normalized spacial score (nSPS) is 16.0. The number of likely N-dealkylation sites (tertiary alicyclic amines) is 1. The molecule has 4 N–H and O–H groups in total. The maximum absolute atomic E-state index is 10.0. The first-order valence-corrected chi connectivity index (χ1v) is 6.22. The van der Waals surface area contributed by atoms with Crippen molar-refractivity contribution in [2.24, 2.45) is 5.73 Å². The van der Waals surface area contributed by atoms with E-state index in [0.29, 0.717) is 18.7 Å². The van der Waals surface area contributed by atoms with Gasteiger partial charge in [-0.15, -0.1) is 10.1 Å². The molecular formula is C11H19N3O7. The molecule has 1 aliphatic heterocycles. The second kappa shape index (κ2) is 10.6. The number of aliphatic carboxylic acids is 2. The van der Waals surface area contributed by atoms with Crippen LogP contribution in [-0.2, 0) is 14.4 Å². The lowest BCUT2D eigenvalue weighted by atomic mass is 10.1. The Bertz CT molecular complexity index is 362. The summed E-state index contributed by atoms with van der Waals surface area (Å²) in [6.07, 6.45) is 2.34. The topological polar surface area (TPSA) is 156 Å². The average Bonchev–Trinajstić information content (AvgIpc) is 2.39. The number of carboxylic acids is 2. The van der Waals surface area contributed by atoms with Gasteiger partial charge >= 0.3 is 11.9 Å². The summed E-state index contributed by atoms with van der Waals surface area (Å²) < 4.78 is 0. The quantitative estimate of drug-likeness (QED) is 0.329. The zero-order valence-electron chi connectivity index (χ0n) is 11.4. The molecule has 120 valence electrons. The Hall–Kier alpha value is -2.20. The number of carboxylic acid groups (broad SMARTS) is 2. The van der Waals surface area contributed by atoms with Gasteiger partial charge in [0.1, 0.15) is 6.10 Å². The van der Waals surface area contributed by atoms with Gasteiger partial charge in [-0.25, -0.2) is 9.59 Å². The van der Waals surface area contributed by atoms with E-state index < -0.39 is 17.0 Å². The van der Waals surface area contributed by atoms with Gasteiger partial charge in [0.25, 0.3) is 5.09 Å². The summed E-state index contributed by atoms with van der Waals surface area (Å²) in [6, 6.07) is 0. The highest BCUT2D eigenvalue weighted by Crippen LogP contribution is 2.12. The van der Waals surface area contributed by atoms with Gasteiger partial charge in [0.15, 0.2) is 0 Å². The zero-order valence-corrected chi connectivity index (χ0v) is 11.4. The van der Waals surface area contributed by atoms with Crippen LogP contribution in [0, 0.1) is 10.1 Å². The van der Waals surface area contributed by atoms with Crippen LogP contribution < -0.4 is 5.73 Å². The number of carbonyl (C=O) groups is 2. The van der Waals surface area contributed by atoms with Gasteiger partial charge in [0.2, 0.25) is 0 Å². The van der Waals surface area contributed by atoms with Crippen molar-refractivity contribution in [2.75, 3.05) is 26.2 Å². The summed E-state index contributed by atoms with van der Waals surface area (Å²) in [6.45, 7) is 3.19. The van der Waals surface area contributed by atoms with E-state index in [-0.39, 0.29) is 6.10 Å². The van der Waals surface area contributed by atoms with Gasteiger partial charge in [-0.3, -0.25) is 0 Å². The van der Waals surface area contributed by atoms with Crippen LogP contribution in [0.2, 0.25) is 0 Å². The number of hydrogen-bond donors (Lipinski definition) is 3. The van der Waals surface area contributed by atoms with Gasteiger partial charge in [-0.05, 0) is 12.8 Å². The van der Waals surface area contributed by atoms with Crippen molar-refractivity contribution in [2.45, 2.75) is 18.9 Å². The molecule has 0 saturated carbocycles. The molecule has 0 aromatic heterocycles. The van der Waals surface area contributed by atoms with Crippen molar-refractivity contribution in [1.29, 1.82) is 0 Å². The van der Waals surface area contributed by atoms with Crippen LogP contribution in [0.5, 0.6) is 0 Å². The van der Waals surface area contributed by atoms with Crippen LogP contribution in [0.4, 0.5) is 0 Å². The molecule has 0 spiro atoms. The molecule has 1 fully saturated rings. The first-order chi connectivity index (χ1) is 9.85. The fourth-order valence-electron chi connectivity index (χ4n) is 1.69. The van der Waals surface area contributed by atoms with Crippen LogP contribution >= 0.6 is 0 Å². The maximum atomic E-state index is 10.0. The van der Waals surface area contributed by atoms with Gasteiger partial charge in [-0.1, -0.05) is 0 Å². The molecule has 10 nitrogen and oxygen atoms in total. The smallest absolute Gasteiger partial charge is 0.328 e. The lowest BCUT2D eigenvalue weighted by Crippen LogP contribution is -2.40. The highest BCUT2D eigenvalue weighted by molar-refractivity contribution is 5.89. The van der Waals surface area contributed by atoms with Gasteiger partial charge in [0, 0.05) is 38.3 Å². The van der Waals surface area contributed by atoms with E-state index in [1.54, 1.807) is 0 Å². The Labute approximate surface area is 120 Å². The molecule has 0 aromatic carbocycles. The van der Waals surface area contributed by atoms with Crippen molar-refractivity contribution in [1.82, 2.24) is 4.90 Å². The average molecular weight is 305 g/mol. The van der Waals surface area contributed by atoms with E-state index in [4.69, 9.17) is 15.9 Å². The predicted octanol–water partition coefficient (Wildman–Crippen LogP) is -0.670. The Morgan fingerprint density at radius 1 is 1.29 bits per heavy atom. The van der Waals surface area contributed by atoms with Crippen molar-refractivity contribution in [3.05, 3.63) is 22.3 Å². The molecule has 0 radical (unpaired) electrons. The monoisotopic (exact) mass is 305 g/mol. The highest BCUT2D eigenvalue weighted by Gasteiger charge is 2.20. The second-order valence-corrected chi connectivity index (χ2v) is 4.17. The fourth-order valence-corrected chi connectivity index (χ4v) is 1.69. The van der Waals surface area contributed by atoms with Crippen LogP contribution in [0.25, 0.3) is 0 Å². The first kappa shape index (κ1) is 18.8. The molecule has 0 aliphatic carbocycles. The standard InChI is InChI=1S/C7H15N3O3.C4H4O4/c8-3-6-9-4-1-7(2-5-9)13-10(11)12;5-3(6)1-2-4(7)8/h7H,1-6,8H2;1-2H,(H,5,6)(H,7,8). The van der Waals surface area contributed by atoms with E-state index >= 15 is 0 Å². The Kier molecular flexibility index (Phi) is 9.46. The summed E-state index contributed by atoms with van der Waals surface area (Å²) in [5.74, 6) is -2.51. The summed E-state index contributed by atoms with van der Waals surface area (Å²) in [5, 5.41) is 24.9. The molecule has 1 heterocycles. The van der Waals surface area contributed by atoms with E-state index in [1.807, 2.05) is 0 Å². The third-order valence-corrected chi connectivity index (χ3v) is 2.58. The van der Waals surface area contributed by atoms with Gasteiger partial charge in [0.05, 0.1) is 0 Å². The Morgan fingerprint density at radius 3 is 2.10 bits per heavy atom. The molecule has 10 heteroatoms. The van der Waals surface area contributed by atoms with E-state index in [9.17, 15) is 19.7 Å². The van der Waals surface area contributed by atoms with E-state index in [2.05, 4.69) is 9.74 Å². The number of nitrogens with zero attached hydrogens (tertiary/aromatic N) is 2. The fraction of sp³-hybridized carbons (Fsp3) is 0.636. The van der Waals surface area contributed by atoms with Crippen LogP contribution in [0.3, 0.4) is 0 Å². The largest absolute Gasteiger partial charge is 0.478 e. The Balaban J connectivity index is 0.000000433. The molecule has 0 bridgehead atoms. The van der Waals surface area contributed by atoms with E-state index in [0.717, 1.165) is 32.5 Å².